The van der Waals surface area contributed by atoms with Gasteiger partial charge in [0.25, 0.3) is 0 Å². The van der Waals surface area contributed by atoms with Crippen molar-refractivity contribution in [1.29, 1.82) is 0 Å². The van der Waals surface area contributed by atoms with E-state index in [4.69, 9.17) is 4.42 Å². The second kappa shape index (κ2) is 11.5. The highest BCUT2D eigenvalue weighted by Gasteiger charge is 2.42. The molecule has 0 fully saturated rings. The Morgan fingerprint density at radius 2 is 1.02 bits per heavy atom. The molecule has 11 rings (SSSR count). The van der Waals surface area contributed by atoms with Crippen molar-refractivity contribution >= 4 is 70.5 Å². The molecular weight excluding hydrogens is 663 g/mol. The van der Waals surface area contributed by atoms with Gasteiger partial charge in [-0.15, -0.1) is 11.3 Å². The van der Waals surface area contributed by atoms with Gasteiger partial charge in [-0.05, 0) is 94.9 Å². The molecule has 1 aliphatic rings. The minimum atomic E-state index is -0.328. The average Bonchev–Trinajstić information content (AvgIpc) is 3.87. The predicted octanol–water partition coefficient (Wildman–Crippen LogP) is 14.4. The zero-order valence-electron chi connectivity index (χ0n) is 29.1. The van der Waals surface area contributed by atoms with Crippen molar-refractivity contribution in [3.8, 4) is 22.3 Å². The molecule has 3 heteroatoms. The maximum absolute atomic E-state index is 6.88. The second-order valence-corrected chi connectivity index (χ2v) is 15.3. The Labute approximate surface area is 311 Å². The molecule has 2 aromatic heterocycles. The van der Waals surface area contributed by atoms with Gasteiger partial charge in [0.2, 0.25) is 0 Å². The number of para-hydroxylation sites is 2. The Bertz CT molecular complexity index is 2980. The summed E-state index contributed by atoms with van der Waals surface area (Å²) in [4.78, 5) is 2.34. The summed E-state index contributed by atoms with van der Waals surface area (Å²) < 4.78 is 9.49. The fourth-order valence-corrected chi connectivity index (χ4v) is 9.93. The molecule has 0 unspecified atom stereocenters. The molecule has 53 heavy (non-hydrogen) atoms. The van der Waals surface area contributed by atoms with E-state index in [2.05, 4.69) is 194 Å². The molecule has 2 nitrogen and oxygen atoms in total. The van der Waals surface area contributed by atoms with Gasteiger partial charge in [-0.2, -0.15) is 0 Å². The number of rotatable bonds is 5. The van der Waals surface area contributed by atoms with Gasteiger partial charge >= 0.3 is 0 Å². The summed E-state index contributed by atoms with van der Waals surface area (Å²) in [5.41, 5.74) is 13.6. The van der Waals surface area contributed by atoms with E-state index in [1.807, 2.05) is 11.3 Å². The number of hydrogen-bond acceptors (Lipinski definition) is 3. The SMILES string of the molecule is CC1(c2cccc3c2oc2cc(-c4ccc(N(c5ccccc5)c5ccc6c(c5)sc5ccccc56)cc4)ccc23)c2ccccc2-c2ccccc21. The average molecular weight is 696 g/mol. The fraction of sp³-hybridized carbons (Fsp3) is 0.0400. The lowest BCUT2D eigenvalue weighted by Gasteiger charge is -2.28. The molecule has 0 bridgehead atoms. The van der Waals surface area contributed by atoms with E-state index in [1.54, 1.807) is 0 Å². The van der Waals surface area contributed by atoms with E-state index in [-0.39, 0.29) is 5.41 Å². The number of benzene rings is 8. The molecule has 0 amide bonds. The van der Waals surface area contributed by atoms with Crippen LogP contribution in [0.5, 0.6) is 0 Å². The molecule has 0 aliphatic heterocycles. The highest BCUT2D eigenvalue weighted by atomic mass is 32.1. The molecule has 8 aromatic carbocycles. The van der Waals surface area contributed by atoms with Crippen molar-refractivity contribution in [2.24, 2.45) is 0 Å². The Morgan fingerprint density at radius 3 is 1.81 bits per heavy atom. The summed E-state index contributed by atoms with van der Waals surface area (Å²) in [7, 11) is 0. The topological polar surface area (TPSA) is 16.4 Å². The molecular formula is C50H33NOS. The first-order valence-corrected chi connectivity index (χ1v) is 19.0. The standard InChI is InChI=1S/C50H33NOS/c1-50(43-18-8-5-14-37(43)38-15-6-9-19-44(38)50)45-20-11-17-42-39-28-24-33(30-46(39)52-49(42)45)32-22-25-35(26-23-32)51(34-12-3-2-4-13-34)36-27-29-41-40-16-7-10-21-47(40)53-48(41)31-36/h2-31H,1H3. The van der Waals surface area contributed by atoms with Crippen molar-refractivity contribution < 1.29 is 4.42 Å². The molecule has 0 saturated heterocycles. The lowest BCUT2D eigenvalue weighted by molar-refractivity contribution is 0.638. The highest BCUT2D eigenvalue weighted by molar-refractivity contribution is 7.25. The monoisotopic (exact) mass is 695 g/mol. The van der Waals surface area contributed by atoms with Gasteiger partial charge in [0.05, 0.1) is 0 Å². The summed E-state index contributed by atoms with van der Waals surface area (Å²) in [6.45, 7) is 2.35. The fourth-order valence-electron chi connectivity index (χ4n) is 8.80. The Morgan fingerprint density at radius 1 is 0.434 bits per heavy atom. The van der Waals surface area contributed by atoms with E-state index in [0.29, 0.717) is 0 Å². The Hall–Kier alpha value is -6.42. The van der Waals surface area contributed by atoms with Gasteiger partial charge in [0.1, 0.15) is 11.2 Å². The molecule has 0 saturated carbocycles. The second-order valence-electron chi connectivity index (χ2n) is 14.2. The van der Waals surface area contributed by atoms with Crippen LogP contribution >= 0.6 is 11.3 Å². The minimum absolute atomic E-state index is 0.328. The van der Waals surface area contributed by atoms with Crippen LogP contribution in [0.4, 0.5) is 17.1 Å². The van der Waals surface area contributed by atoms with E-state index >= 15 is 0 Å². The zero-order valence-corrected chi connectivity index (χ0v) is 29.9. The molecule has 0 radical (unpaired) electrons. The Balaban J connectivity index is 0.991. The number of thiophene rings is 1. The van der Waals surface area contributed by atoms with Gasteiger partial charge in [-0.25, -0.2) is 0 Å². The molecule has 2 heterocycles. The number of hydrogen-bond donors (Lipinski definition) is 0. The maximum Gasteiger partial charge on any atom is 0.139 e. The molecule has 10 aromatic rings. The van der Waals surface area contributed by atoms with Crippen LogP contribution in [-0.2, 0) is 5.41 Å². The summed E-state index contributed by atoms with van der Waals surface area (Å²) >= 11 is 1.85. The minimum Gasteiger partial charge on any atom is -0.456 e. The van der Waals surface area contributed by atoms with Gasteiger partial charge in [0, 0.05) is 59.0 Å². The quantitative estimate of drug-likeness (QED) is 0.178. The van der Waals surface area contributed by atoms with Crippen molar-refractivity contribution in [2.75, 3.05) is 4.90 Å². The highest BCUT2D eigenvalue weighted by Crippen LogP contribution is 2.54. The van der Waals surface area contributed by atoms with Gasteiger partial charge in [-0.1, -0.05) is 127 Å². The van der Waals surface area contributed by atoms with Crippen LogP contribution < -0.4 is 4.90 Å². The van der Waals surface area contributed by atoms with E-state index in [9.17, 15) is 0 Å². The van der Waals surface area contributed by atoms with E-state index in [1.165, 1.54) is 48.0 Å². The summed E-state index contributed by atoms with van der Waals surface area (Å²) in [6, 6.07) is 66.0. The number of anilines is 3. The number of fused-ring (bicyclic) bond motifs is 9. The molecule has 0 spiro atoms. The number of furan rings is 1. The largest absolute Gasteiger partial charge is 0.456 e. The molecule has 0 N–H and O–H groups in total. The third-order valence-corrected chi connectivity index (χ3v) is 12.5. The molecule has 1 aliphatic carbocycles. The molecule has 0 atom stereocenters. The van der Waals surface area contributed by atoms with Crippen LogP contribution in [0.3, 0.4) is 0 Å². The maximum atomic E-state index is 6.88. The summed E-state index contributed by atoms with van der Waals surface area (Å²) in [5.74, 6) is 0. The van der Waals surface area contributed by atoms with Crippen molar-refractivity contribution in [2.45, 2.75) is 12.3 Å². The van der Waals surface area contributed by atoms with Crippen LogP contribution in [0.15, 0.2) is 186 Å². The third kappa shape index (κ3) is 4.51. The van der Waals surface area contributed by atoms with Crippen LogP contribution in [0.1, 0.15) is 23.6 Å². The van der Waals surface area contributed by atoms with Gasteiger partial charge in [-0.3, -0.25) is 0 Å². The normalized spacial score (nSPS) is 13.2. The van der Waals surface area contributed by atoms with Crippen LogP contribution in [-0.4, -0.2) is 0 Å². The smallest absolute Gasteiger partial charge is 0.139 e. The van der Waals surface area contributed by atoms with Crippen LogP contribution in [0, 0.1) is 0 Å². The third-order valence-electron chi connectivity index (χ3n) is 11.4. The number of nitrogens with zero attached hydrogens (tertiary/aromatic N) is 1. The van der Waals surface area contributed by atoms with Crippen molar-refractivity contribution in [3.05, 3.63) is 199 Å². The van der Waals surface area contributed by atoms with E-state index < -0.39 is 0 Å². The first kappa shape index (κ1) is 30.2. The van der Waals surface area contributed by atoms with Crippen LogP contribution in [0.2, 0.25) is 0 Å². The lowest BCUT2D eigenvalue weighted by atomic mass is 9.74. The van der Waals surface area contributed by atoms with Gasteiger partial charge < -0.3 is 9.32 Å². The summed E-state index contributed by atoms with van der Waals surface area (Å²) in [6.07, 6.45) is 0. The predicted molar refractivity (Wildman–Crippen MR) is 224 cm³/mol. The first-order valence-electron chi connectivity index (χ1n) is 18.2. The van der Waals surface area contributed by atoms with Crippen molar-refractivity contribution in [1.82, 2.24) is 0 Å². The zero-order chi connectivity index (χ0) is 35.1. The van der Waals surface area contributed by atoms with Crippen molar-refractivity contribution in [3.63, 3.8) is 0 Å². The summed E-state index contributed by atoms with van der Waals surface area (Å²) in [5, 5.41) is 4.90. The lowest BCUT2D eigenvalue weighted by Crippen LogP contribution is -2.22. The van der Waals surface area contributed by atoms with E-state index in [0.717, 1.165) is 50.1 Å². The van der Waals surface area contributed by atoms with Gasteiger partial charge in [0.15, 0.2) is 0 Å². The first-order chi connectivity index (χ1) is 26.1. The van der Waals surface area contributed by atoms with Crippen LogP contribution in [0.25, 0.3) is 64.4 Å². The molecule has 250 valence electrons. The Kier molecular flexibility index (Phi) is 6.58.